The van der Waals surface area contributed by atoms with Gasteiger partial charge in [-0.2, -0.15) is 0 Å². The van der Waals surface area contributed by atoms with E-state index in [1.54, 1.807) is 0 Å². The largest absolute Gasteiger partial charge is 0.456 e. The van der Waals surface area contributed by atoms with E-state index in [1.165, 1.54) is 0 Å². The van der Waals surface area contributed by atoms with Crippen LogP contribution in [0.15, 0.2) is 174 Å². The van der Waals surface area contributed by atoms with E-state index >= 15 is 0 Å². The minimum absolute atomic E-state index is 0.192. The SMILES string of the molecule is [2H]c1c([2H])c([2H])c(-c2c(-c3c4ccccc4c(-c4cccc5oc6cc7ccccc7cc6c45)c4ccccc34)ccc3ccccc23)c([2H])c1[2H]. The van der Waals surface area contributed by atoms with E-state index in [0.29, 0.717) is 5.56 Å². The van der Waals surface area contributed by atoms with E-state index in [1.807, 2.05) is 54.6 Å². The highest BCUT2D eigenvalue weighted by Gasteiger charge is 2.22. The first-order chi connectivity index (χ1) is 25.4. The van der Waals surface area contributed by atoms with Gasteiger partial charge in [0.1, 0.15) is 11.2 Å². The number of rotatable bonds is 3. The molecule has 0 unspecified atom stereocenters. The summed E-state index contributed by atoms with van der Waals surface area (Å²) in [6, 6.07) is 46.1. The van der Waals surface area contributed by atoms with E-state index in [0.717, 1.165) is 87.3 Å². The van der Waals surface area contributed by atoms with Gasteiger partial charge in [-0.25, -0.2) is 0 Å². The van der Waals surface area contributed by atoms with Crippen molar-refractivity contribution in [1.29, 1.82) is 0 Å². The zero-order valence-electron chi connectivity index (χ0n) is 30.2. The first-order valence-electron chi connectivity index (χ1n) is 18.3. The van der Waals surface area contributed by atoms with Crippen LogP contribution in [0.2, 0.25) is 0 Å². The van der Waals surface area contributed by atoms with Crippen LogP contribution >= 0.6 is 0 Å². The fourth-order valence-electron chi connectivity index (χ4n) is 7.55. The molecule has 1 aromatic heterocycles. The molecule has 10 aromatic rings. The summed E-state index contributed by atoms with van der Waals surface area (Å²) in [5.41, 5.74) is 6.36. The van der Waals surface area contributed by atoms with E-state index in [4.69, 9.17) is 11.3 Å². The normalized spacial score (nSPS) is 13.3. The van der Waals surface area contributed by atoms with Gasteiger partial charge in [0.15, 0.2) is 0 Å². The monoisotopic (exact) mass is 601 g/mol. The van der Waals surface area contributed by atoms with Crippen LogP contribution in [0, 0.1) is 0 Å². The molecule has 218 valence electrons. The molecule has 10 rings (SSSR count). The quantitative estimate of drug-likeness (QED) is 0.184. The maximum absolute atomic E-state index is 9.08. The van der Waals surface area contributed by atoms with Crippen molar-refractivity contribution in [3.05, 3.63) is 170 Å². The standard InChI is InChI=1S/C46H28O/c1-2-14-30(15-3-1)43-33-18-7-6-13-29(33)25-26-39(43)45-36-21-10-8-19-34(36)44(35-20-9-11-22-37(35)45)38-23-12-24-41-46(38)40-27-31-16-4-5-17-32(31)28-42(40)47-41/h1-28H/i1D,2D,3D,14D,15D. The Kier molecular flexibility index (Phi) is 4.66. The molecular weight excluding hydrogens is 569 g/mol. The summed E-state index contributed by atoms with van der Waals surface area (Å²) in [5, 5.41) is 10.2. The Morgan fingerprint density at radius 3 is 1.64 bits per heavy atom. The Labute approximate surface area is 279 Å². The summed E-state index contributed by atoms with van der Waals surface area (Å²) in [7, 11) is 0. The zero-order chi connectivity index (χ0) is 35.2. The first kappa shape index (κ1) is 21.5. The van der Waals surface area contributed by atoms with E-state index in [2.05, 4.69) is 84.9 Å². The van der Waals surface area contributed by atoms with Gasteiger partial charge in [0.05, 0.1) is 6.85 Å². The molecule has 0 bridgehead atoms. The van der Waals surface area contributed by atoms with Crippen LogP contribution < -0.4 is 0 Å². The molecule has 0 saturated carbocycles. The van der Waals surface area contributed by atoms with E-state index < -0.39 is 6.04 Å². The second-order valence-corrected chi connectivity index (χ2v) is 12.0. The molecule has 0 atom stereocenters. The summed E-state index contributed by atoms with van der Waals surface area (Å²) in [5.74, 6) is 0. The Morgan fingerprint density at radius 1 is 0.383 bits per heavy atom. The Morgan fingerprint density at radius 2 is 0.957 bits per heavy atom. The molecule has 1 nitrogen and oxygen atoms in total. The maximum atomic E-state index is 9.08. The molecule has 9 aromatic carbocycles. The third-order valence-electron chi connectivity index (χ3n) is 9.51. The van der Waals surface area contributed by atoms with Gasteiger partial charge >= 0.3 is 0 Å². The van der Waals surface area contributed by atoms with Gasteiger partial charge in [-0.15, -0.1) is 0 Å². The van der Waals surface area contributed by atoms with Crippen LogP contribution in [-0.2, 0) is 0 Å². The minimum atomic E-state index is -0.408. The second kappa shape index (κ2) is 10.2. The fourth-order valence-corrected chi connectivity index (χ4v) is 7.55. The van der Waals surface area contributed by atoms with Gasteiger partial charge in [-0.3, -0.25) is 0 Å². The Balaban J connectivity index is 1.37. The van der Waals surface area contributed by atoms with Crippen LogP contribution in [-0.4, -0.2) is 0 Å². The third kappa shape index (κ3) is 3.90. The first-order valence-corrected chi connectivity index (χ1v) is 15.8. The number of hydrogen-bond donors (Lipinski definition) is 0. The maximum Gasteiger partial charge on any atom is 0.136 e. The summed E-state index contributed by atoms with van der Waals surface area (Å²) in [6.45, 7) is 0. The van der Waals surface area contributed by atoms with Crippen molar-refractivity contribution in [2.24, 2.45) is 0 Å². The van der Waals surface area contributed by atoms with Gasteiger partial charge in [-0.1, -0.05) is 152 Å². The van der Waals surface area contributed by atoms with Gasteiger partial charge in [-0.05, 0) is 94.7 Å². The highest BCUT2D eigenvalue weighted by molar-refractivity contribution is 6.27. The molecule has 0 fully saturated rings. The lowest BCUT2D eigenvalue weighted by Gasteiger charge is -2.21. The summed E-state index contributed by atoms with van der Waals surface area (Å²) in [4.78, 5) is 0. The van der Waals surface area contributed by atoms with Gasteiger partial charge < -0.3 is 4.42 Å². The average Bonchev–Trinajstić information content (AvgIpc) is 3.55. The molecule has 0 saturated heterocycles. The topological polar surface area (TPSA) is 13.1 Å². The molecule has 0 radical (unpaired) electrons. The molecule has 47 heavy (non-hydrogen) atoms. The van der Waals surface area contributed by atoms with Crippen LogP contribution in [0.5, 0.6) is 0 Å². The van der Waals surface area contributed by atoms with Crippen LogP contribution in [0.4, 0.5) is 0 Å². The second-order valence-electron chi connectivity index (χ2n) is 12.0. The van der Waals surface area contributed by atoms with Crippen LogP contribution in [0.1, 0.15) is 6.85 Å². The number of hydrogen-bond acceptors (Lipinski definition) is 1. The molecule has 1 heterocycles. The van der Waals surface area contributed by atoms with E-state index in [9.17, 15) is 0 Å². The predicted octanol–water partition coefficient (Wildman–Crippen LogP) is 13.2. The van der Waals surface area contributed by atoms with Crippen LogP contribution in [0.25, 0.3) is 98.4 Å². The summed E-state index contributed by atoms with van der Waals surface area (Å²) in [6.07, 6.45) is 0. The molecule has 0 aliphatic carbocycles. The molecule has 0 N–H and O–H groups in total. The lowest BCUT2D eigenvalue weighted by atomic mass is 9.82. The average molecular weight is 602 g/mol. The lowest BCUT2D eigenvalue weighted by molar-refractivity contribution is 0.669. The smallest absolute Gasteiger partial charge is 0.136 e. The molecule has 0 aliphatic heterocycles. The Bertz CT molecular complexity index is 3050. The fraction of sp³-hybridized carbons (Fsp3) is 0. The van der Waals surface area contributed by atoms with Crippen molar-refractivity contribution in [1.82, 2.24) is 0 Å². The number of benzene rings is 9. The van der Waals surface area contributed by atoms with Crippen molar-refractivity contribution in [3.8, 4) is 33.4 Å². The molecule has 0 spiro atoms. The lowest BCUT2D eigenvalue weighted by Crippen LogP contribution is -1.94. The molecular formula is C46H28O. The van der Waals surface area contributed by atoms with Gasteiger partial charge in [0.25, 0.3) is 0 Å². The van der Waals surface area contributed by atoms with Crippen molar-refractivity contribution < 1.29 is 11.3 Å². The van der Waals surface area contributed by atoms with Gasteiger partial charge in [0, 0.05) is 10.8 Å². The van der Waals surface area contributed by atoms with Crippen molar-refractivity contribution in [3.63, 3.8) is 0 Å². The summed E-state index contributed by atoms with van der Waals surface area (Å²) < 4.78 is 50.2. The Hall–Kier alpha value is -6.18. The summed E-state index contributed by atoms with van der Waals surface area (Å²) >= 11 is 0. The van der Waals surface area contributed by atoms with E-state index in [-0.39, 0.29) is 29.7 Å². The zero-order valence-corrected chi connectivity index (χ0v) is 25.2. The van der Waals surface area contributed by atoms with Crippen molar-refractivity contribution in [2.75, 3.05) is 0 Å². The number of fused-ring (bicyclic) bond motifs is 7. The van der Waals surface area contributed by atoms with Crippen LogP contribution in [0.3, 0.4) is 0 Å². The molecule has 1 heteroatoms. The molecule has 0 amide bonds. The predicted molar refractivity (Wildman–Crippen MR) is 200 cm³/mol. The van der Waals surface area contributed by atoms with Crippen molar-refractivity contribution in [2.45, 2.75) is 0 Å². The van der Waals surface area contributed by atoms with Crippen molar-refractivity contribution >= 4 is 65.0 Å². The molecule has 0 aliphatic rings. The number of furan rings is 1. The minimum Gasteiger partial charge on any atom is -0.456 e. The van der Waals surface area contributed by atoms with Gasteiger partial charge in [0.2, 0.25) is 0 Å². The highest BCUT2D eigenvalue weighted by atomic mass is 16.3. The highest BCUT2D eigenvalue weighted by Crippen LogP contribution is 2.49. The third-order valence-corrected chi connectivity index (χ3v) is 9.51.